The number of benzene rings is 4. The van der Waals surface area contributed by atoms with Gasteiger partial charge >= 0.3 is 0 Å². The Morgan fingerprint density at radius 2 is 1.52 bits per heavy atom. The molecule has 4 nitrogen and oxygen atoms in total. The van der Waals surface area contributed by atoms with Crippen LogP contribution < -0.4 is 0 Å². The predicted molar refractivity (Wildman–Crippen MR) is 126 cm³/mol. The molecular weight excluding hydrogens is 384 g/mol. The summed E-state index contributed by atoms with van der Waals surface area (Å²) in [7, 11) is 0. The van der Waals surface area contributed by atoms with Crippen molar-refractivity contribution >= 4 is 27.4 Å². The topological polar surface area (TPSA) is 56.0 Å². The molecule has 0 bridgehead atoms. The number of hydrogen-bond acceptors (Lipinski definition) is 3. The van der Waals surface area contributed by atoms with Gasteiger partial charge in [-0.25, -0.2) is 4.98 Å². The minimum atomic E-state index is -0.371. The molecule has 0 radical (unpaired) electrons. The first kappa shape index (κ1) is 18.9. The molecule has 0 aliphatic heterocycles. The Bertz CT molecular complexity index is 1470. The fourth-order valence-corrected chi connectivity index (χ4v) is 4.05. The fraction of sp³-hybridized carbons (Fsp3) is 0.0741. The summed E-state index contributed by atoms with van der Waals surface area (Å²) in [4.78, 5) is 15.7. The average Bonchev–Trinajstić information content (AvgIpc) is 2.80. The van der Waals surface area contributed by atoms with Crippen molar-refractivity contribution in [2.24, 2.45) is 0 Å². The molecule has 4 heteroatoms. The molecule has 4 aromatic carbocycles. The minimum Gasteiger partial charge on any atom is -0.258 e. The van der Waals surface area contributed by atoms with Crippen molar-refractivity contribution in [2.45, 2.75) is 13.8 Å². The molecule has 31 heavy (non-hydrogen) atoms. The number of non-ortho nitro benzene ring substituents is 1. The summed E-state index contributed by atoms with van der Waals surface area (Å²) >= 11 is 0. The van der Waals surface area contributed by atoms with Gasteiger partial charge in [0.15, 0.2) is 0 Å². The van der Waals surface area contributed by atoms with E-state index in [4.69, 9.17) is 4.98 Å². The highest BCUT2D eigenvalue weighted by Gasteiger charge is 2.14. The smallest absolute Gasteiger partial charge is 0.258 e. The first-order valence-corrected chi connectivity index (χ1v) is 10.2. The molecule has 5 aromatic rings. The number of rotatable bonds is 3. The predicted octanol–water partition coefficient (Wildman–Crippen LogP) is 7.25. The van der Waals surface area contributed by atoms with E-state index in [2.05, 4.69) is 62.4 Å². The van der Waals surface area contributed by atoms with E-state index in [9.17, 15) is 10.1 Å². The average molecular weight is 404 g/mol. The molecule has 0 fully saturated rings. The number of nitrogens with zero attached hydrogens (tertiary/aromatic N) is 2. The van der Waals surface area contributed by atoms with Gasteiger partial charge in [-0.3, -0.25) is 10.1 Å². The van der Waals surface area contributed by atoms with Crippen molar-refractivity contribution < 1.29 is 4.92 Å². The zero-order chi connectivity index (χ0) is 21.5. The van der Waals surface area contributed by atoms with Crippen molar-refractivity contribution in [3.63, 3.8) is 0 Å². The van der Waals surface area contributed by atoms with Crippen LogP contribution in [0.25, 0.3) is 44.1 Å². The second-order valence-electron chi connectivity index (χ2n) is 7.84. The molecule has 0 aliphatic carbocycles. The lowest BCUT2D eigenvalue weighted by Crippen LogP contribution is -1.93. The van der Waals surface area contributed by atoms with Crippen LogP contribution in [0.3, 0.4) is 0 Å². The summed E-state index contributed by atoms with van der Waals surface area (Å²) in [6, 6.07) is 27.6. The highest BCUT2D eigenvalue weighted by molar-refractivity contribution is 6.13. The van der Waals surface area contributed by atoms with Crippen molar-refractivity contribution in [3.05, 3.63) is 106 Å². The summed E-state index contributed by atoms with van der Waals surface area (Å²) in [5.41, 5.74) is 7.34. The summed E-state index contributed by atoms with van der Waals surface area (Å²) in [5.74, 6) is 0. The third-order valence-electron chi connectivity index (χ3n) is 5.89. The van der Waals surface area contributed by atoms with Crippen LogP contribution in [-0.4, -0.2) is 9.91 Å². The van der Waals surface area contributed by atoms with Crippen LogP contribution in [0.5, 0.6) is 0 Å². The molecule has 150 valence electrons. The van der Waals surface area contributed by atoms with Crippen LogP contribution in [-0.2, 0) is 0 Å². The van der Waals surface area contributed by atoms with Gasteiger partial charge in [-0.1, -0.05) is 42.5 Å². The Hall–Kier alpha value is -4.05. The molecule has 0 atom stereocenters. The molecule has 0 unspecified atom stereocenters. The fourth-order valence-electron chi connectivity index (χ4n) is 4.05. The Kier molecular flexibility index (Phi) is 4.48. The molecule has 5 rings (SSSR count). The largest absolute Gasteiger partial charge is 0.269 e. The van der Waals surface area contributed by atoms with E-state index in [1.54, 1.807) is 12.1 Å². The van der Waals surface area contributed by atoms with Crippen LogP contribution in [0.15, 0.2) is 84.9 Å². The summed E-state index contributed by atoms with van der Waals surface area (Å²) in [5, 5.41) is 14.4. The number of pyridine rings is 1. The van der Waals surface area contributed by atoms with Gasteiger partial charge in [0.25, 0.3) is 5.69 Å². The Morgan fingerprint density at radius 3 is 2.26 bits per heavy atom. The lowest BCUT2D eigenvalue weighted by molar-refractivity contribution is -0.384. The second-order valence-corrected chi connectivity index (χ2v) is 7.84. The molecule has 0 amide bonds. The molecule has 1 heterocycles. The van der Waals surface area contributed by atoms with Gasteiger partial charge < -0.3 is 0 Å². The van der Waals surface area contributed by atoms with Crippen molar-refractivity contribution in [3.8, 4) is 22.4 Å². The third-order valence-corrected chi connectivity index (χ3v) is 5.89. The van der Waals surface area contributed by atoms with Gasteiger partial charge in [0.1, 0.15) is 0 Å². The standard InChI is InChI=1S/C27H20N2O2/c1-17-7-8-21(15-18(17)2)26-16-24(20-9-12-22(13-10-20)29(30)31)27-23-6-4-3-5-19(23)11-14-25(27)28-26/h3-16H,1-2H3. The molecule has 0 N–H and O–H groups in total. The van der Waals surface area contributed by atoms with Crippen LogP contribution in [0.1, 0.15) is 11.1 Å². The number of aromatic nitrogens is 1. The SMILES string of the molecule is Cc1ccc(-c2cc(-c3ccc([N+](=O)[O-])cc3)c3c(ccc4ccccc43)n2)cc1C. The number of nitro groups is 1. The summed E-state index contributed by atoms with van der Waals surface area (Å²) < 4.78 is 0. The number of hydrogen-bond donors (Lipinski definition) is 0. The lowest BCUT2D eigenvalue weighted by Gasteiger charge is -2.13. The van der Waals surface area contributed by atoms with Crippen LogP contribution in [0.2, 0.25) is 0 Å². The normalized spacial score (nSPS) is 11.2. The Balaban J connectivity index is 1.83. The maximum absolute atomic E-state index is 11.1. The van der Waals surface area contributed by atoms with Crippen molar-refractivity contribution in [1.82, 2.24) is 4.98 Å². The van der Waals surface area contributed by atoms with E-state index in [1.165, 1.54) is 11.1 Å². The third kappa shape index (κ3) is 3.32. The van der Waals surface area contributed by atoms with Gasteiger partial charge in [-0.2, -0.15) is 0 Å². The van der Waals surface area contributed by atoms with Crippen LogP contribution in [0.4, 0.5) is 5.69 Å². The maximum atomic E-state index is 11.1. The molecule has 0 spiro atoms. The lowest BCUT2D eigenvalue weighted by atomic mass is 9.94. The zero-order valence-electron chi connectivity index (χ0n) is 17.3. The van der Waals surface area contributed by atoms with Crippen LogP contribution in [0, 0.1) is 24.0 Å². The zero-order valence-corrected chi connectivity index (χ0v) is 17.3. The molecule has 0 saturated heterocycles. The van der Waals surface area contributed by atoms with Gasteiger partial charge in [-0.15, -0.1) is 0 Å². The summed E-state index contributed by atoms with van der Waals surface area (Å²) in [6.45, 7) is 4.20. The van der Waals surface area contributed by atoms with E-state index in [0.717, 1.165) is 44.1 Å². The van der Waals surface area contributed by atoms with Gasteiger partial charge in [0, 0.05) is 23.1 Å². The molecule has 0 aliphatic rings. The monoisotopic (exact) mass is 404 g/mol. The number of aryl methyl sites for hydroxylation is 2. The second kappa shape index (κ2) is 7.33. The Morgan fingerprint density at radius 1 is 0.774 bits per heavy atom. The van der Waals surface area contributed by atoms with E-state index in [0.29, 0.717) is 0 Å². The Labute approximate surface area is 180 Å². The maximum Gasteiger partial charge on any atom is 0.269 e. The number of nitro benzene ring substituents is 1. The first-order chi connectivity index (χ1) is 15.0. The van der Waals surface area contributed by atoms with Crippen molar-refractivity contribution in [1.29, 1.82) is 0 Å². The number of fused-ring (bicyclic) bond motifs is 3. The molecular formula is C27H20N2O2. The van der Waals surface area contributed by atoms with Gasteiger partial charge in [0.2, 0.25) is 0 Å². The van der Waals surface area contributed by atoms with Crippen molar-refractivity contribution in [2.75, 3.05) is 0 Å². The molecule has 1 aromatic heterocycles. The van der Waals surface area contributed by atoms with E-state index in [1.807, 2.05) is 24.3 Å². The molecule has 0 saturated carbocycles. The summed E-state index contributed by atoms with van der Waals surface area (Å²) in [6.07, 6.45) is 0. The van der Waals surface area contributed by atoms with Crippen LogP contribution >= 0.6 is 0 Å². The van der Waals surface area contributed by atoms with E-state index >= 15 is 0 Å². The minimum absolute atomic E-state index is 0.0846. The van der Waals surface area contributed by atoms with Gasteiger partial charge in [-0.05, 0) is 77.2 Å². The first-order valence-electron chi connectivity index (χ1n) is 10.2. The highest BCUT2D eigenvalue weighted by atomic mass is 16.6. The van der Waals surface area contributed by atoms with E-state index < -0.39 is 0 Å². The highest BCUT2D eigenvalue weighted by Crippen LogP contribution is 2.37. The van der Waals surface area contributed by atoms with Gasteiger partial charge in [0.05, 0.1) is 16.1 Å². The van der Waals surface area contributed by atoms with E-state index in [-0.39, 0.29) is 10.6 Å². The quantitative estimate of drug-likeness (QED) is 0.181.